The van der Waals surface area contributed by atoms with E-state index in [-0.39, 0.29) is 44.3 Å². The number of hydrogen-bond acceptors (Lipinski definition) is 16. The predicted octanol–water partition coefficient (Wildman–Crippen LogP) is 7.34. The fourth-order valence-corrected chi connectivity index (χ4v) is 7.05. The summed E-state index contributed by atoms with van der Waals surface area (Å²) in [6, 6.07) is 18.5. The van der Waals surface area contributed by atoms with Crippen molar-refractivity contribution in [3.05, 3.63) is 84.9 Å². The van der Waals surface area contributed by atoms with Gasteiger partial charge in [0.15, 0.2) is 11.5 Å². The van der Waals surface area contributed by atoms with Crippen molar-refractivity contribution in [3.63, 3.8) is 0 Å². The second-order valence-electron chi connectivity index (χ2n) is 12.4. The molecule has 0 aliphatic rings. The Kier molecular flexibility index (Phi) is 11.8. The van der Waals surface area contributed by atoms with Gasteiger partial charge in [-0.25, -0.2) is 0 Å². The molecular weight excluding hydrogens is 829 g/mol. The minimum Gasteiger partial charge on any atom is -0.505 e. The summed E-state index contributed by atoms with van der Waals surface area (Å²) >= 11 is 0. The van der Waals surface area contributed by atoms with Crippen molar-refractivity contribution < 1.29 is 64.7 Å². The van der Waals surface area contributed by atoms with Crippen molar-refractivity contribution in [2.24, 2.45) is 20.5 Å². The number of aromatic hydroxyl groups is 2. The van der Waals surface area contributed by atoms with Crippen LogP contribution in [0, 0.1) is 0 Å². The van der Waals surface area contributed by atoms with Crippen molar-refractivity contribution in [3.8, 4) is 34.5 Å². The van der Waals surface area contributed by atoms with E-state index < -0.39 is 64.7 Å². The van der Waals surface area contributed by atoms with E-state index >= 15 is 0 Å². The number of methoxy groups -OCH3 is 4. The van der Waals surface area contributed by atoms with E-state index in [9.17, 15) is 45.7 Å². The van der Waals surface area contributed by atoms with Crippen molar-refractivity contribution in [2.45, 2.75) is 9.79 Å². The Hall–Kier alpha value is -7.40. The topological polar surface area (TPSA) is 294 Å². The minimum absolute atomic E-state index is 0.00596. The van der Waals surface area contributed by atoms with Gasteiger partial charge in [-0.3, -0.25) is 18.7 Å². The highest BCUT2D eigenvalue weighted by molar-refractivity contribution is 7.86. The molecule has 6 N–H and O–H groups in total. The lowest BCUT2D eigenvalue weighted by Crippen LogP contribution is -2.29. The summed E-state index contributed by atoms with van der Waals surface area (Å²) in [5.41, 5.74) is -0.927. The summed E-state index contributed by atoms with van der Waals surface area (Å²) in [7, 11) is -4.39. The zero-order valence-electron chi connectivity index (χ0n) is 31.6. The van der Waals surface area contributed by atoms with Crippen LogP contribution in [0.1, 0.15) is 0 Å². The first-order valence-electron chi connectivity index (χ1n) is 16.9. The zero-order valence-corrected chi connectivity index (χ0v) is 33.2. The molecule has 0 saturated carbocycles. The molecule has 60 heavy (non-hydrogen) atoms. The first-order valence-corrected chi connectivity index (χ1v) is 19.8. The van der Waals surface area contributed by atoms with E-state index in [1.165, 1.54) is 89.1 Å². The molecule has 0 saturated heterocycles. The van der Waals surface area contributed by atoms with Crippen LogP contribution in [0.15, 0.2) is 115 Å². The lowest BCUT2D eigenvalue weighted by molar-refractivity contribution is -0.132. The third-order valence-electron chi connectivity index (χ3n) is 8.58. The molecule has 6 aromatic rings. The van der Waals surface area contributed by atoms with Crippen molar-refractivity contribution >= 4 is 87.7 Å². The molecule has 0 atom stereocenters. The Morgan fingerprint density at radius 1 is 0.500 bits per heavy atom. The average Bonchev–Trinajstić information content (AvgIpc) is 3.21. The van der Waals surface area contributed by atoms with E-state index in [1.807, 2.05) is 0 Å². The molecule has 0 aliphatic heterocycles. The maximum Gasteiger partial charge on any atom is 0.314 e. The summed E-state index contributed by atoms with van der Waals surface area (Å²) in [6.07, 6.45) is 0. The second-order valence-corrected chi connectivity index (χ2v) is 15.2. The Morgan fingerprint density at radius 3 is 1.13 bits per heavy atom. The smallest absolute Gasteiger partial charge is 0.314 e. The first kappa shape index (κ1) is 42.2. The Bertz CT molecular complexity index is 2760. The third-order valence-corrected chi connectivity index (χ3v) is 10.3. The summed E-state index contributed by atoms with van der Waals surface area (Å²) in [5.74, 6) is -2.39. The highest BCUT2D eigenvalue weighted by Crippen LogP contribution is 2.44. The van der Waals surface area contributed by atoms with E-state index in [4.69, 9.17) is 18.9 Å². The molecule has 20 nitrogen and oxygen atoms in total. The molecule has 2 amide bonds. The first-order chi connectivity index (χ1) is 28.4. The number of anilines is 2. The molecule has 0 spiro atoms. The van der Waals surface area contributed by atoms with Gasteiger partial charge < -0.3 is 39.8 Å². The maximum atomic E-state index is 13.0. The lowest BCUT2D eigenvalue weighted by Gasteiger charge is -2.12. The van der Waals surface area contributed by atoms with Crippen LogP contribution in [-0.4, -0.2) is 76.4 Å². The molecular formula is C38H32N6O14S2. The fourth-order valence-electron chi connectivity index (χ4n) is 5.74. The zero-order chi connectivity index (χ0) is 43.5. The molecule has 310 valence electrons. The van der Waals surface area contributed by atoms with Crippen LogP contribution in [-0.2, 0) is 29.8 Å². The van der Waals surface area contributed by atoms with Crippen LogP contribution >= 0.6 is 0 Å². The van der Waals surface area contributed by atoms with Crippen LogP contribution in [0.4, 0.5) is 34.1 Å². The number of carbonyl (C=O) groups excluding carboxylic acids is 2. The number of hydrogen-bond donors (Lipinski definition) is 6. The van der Waals surface area contributed by atoms with Crippen LogP contribution in [0.2, 0.25) is 0 Å². The number of amides is 2. The van der Waals surface area contributed by atoms with Crippen molar-refractivity contribution in [2.75, 3.05) is 39.1 Å². The normalized spacial score (nSPS) is 11.9. The Balaban J connectivity index is 1.25. The standard InChI is InChI=1S/C38H32N6O14S2/c1-55-25-13-23(14-26(17-25)56-2)41-43-33-31(59(49,50)51)11-19-9-21(5-7-29(19)35(33)45)39-37(47)38(48)40-22-6-8-30-20(10-22)12-32(60(52,53)54)34(36(30)46)44-42-24-15-27(57-3)18-28(16-24)58-4/h5-18,45-46H,1-4H3,(H,39,47)(H,40,48)(H,49,50,51)(H,52,53,54). The number of carbonyl (C=O) groups is 2. The molecule has 22 heteroatoms. The molecule has 0 radical (unpaired) electrons. The second kappa shape index (κ2) is 16.8. The Labute approximate surface area is 340 Å². The molecule has 0 heterocycles. The van der Waals surface area contributed by atoms with Crippen molar-refractivity contribution in [1.82, 2.24) is 0 Å². The van der Waals surface area contributed by atoms with Crippen LogP contribution < -0.4 is 29.6 Å². The summed E-state index contributed by atoms with van der Waals surface area (Å²) in [5, 5.41) is 42.6. The molecule has 6 aromatic carbocycles. The summed E-state index contributed by atoms with van der Waals surface area (Å²) in [6.45, 7) is 0. The van der Waals surface area contributed by atoms with Gasteiger partial charge in [-0.15, -0.1) is 10.2 Å². The van der Waals surface area contributed by atoms with Gasteiger partial charge in [0.2, 0.25) is 0 Å². The third kappa shape index (κ3) is 9.16. The number of phenolic OH excluding ortho intramolecular Hbond substituents is 2. The number of azo groups is 2. The predicted molar refractivity (Wildman–Crippen MR) is 216 cm³/mol. The summed E-state index contributed by atoms with van der Waals surface area (Å²) < 4.78 is 90.4. The molecule has 0 fully saturated rings. The van der Waals surface area contributed by atoms with Gasteiger partial charge in [-0.2, -0.15) is 27.1 Å². The monoisotopic (exact) mass is 860 g/mol. The van der Waals surface area contributed by atoms with E-state index in [0.717, 1.165) is 12.1 Å². The summed E-state index contributed by atoms with van der Waals surface area (Å²) in [4.78, 5) is 24.3. The van der Waals surface area contributed by atoms with E-state index in [0.29, 0.717) is 23.0 Å². The number of phenols is 2. The number of nitrogens with zero attached hydrogens (tertiary/aromatic N) is 4. The highest BCUT2D eigenvalue weighted by Gasteiger charge is 2.25. The van der Waals surface area contributed by atoms with Crippen LogP contribution in [0.5, 0.6) is 34.5 Å². The molecule has 0 aliphatic carbocycles. The lowest BCUT2D eigenvalue weighted by atomic mass is 10.1. The van der Waals surface area contributed by atoms with Gasteiger partial charge in [0.05, 0.1) is 39.8 Å². The molecule has 0 bridgehead atoms. The van der Waals surface area contributed by atoms with E-state index in [2.05, 4.69) is 31.1 Å². The molecule has 0 aromatic heterocycles. The maximum absolute atomic E-state index is 13.0. The SMILES string of the molecule is COc1cc(N=Nc2c(S(=O)(=O)O)cc3cc(NC(=O)C(=O)Nc4ccc5c(O)c(N=Nc6cc(OC)cc(OC)c6)c(S(=O)(=O)O)cc5c4)ccc3c2O)cc(OC)c1. The Morgan fingerprint density at radius 2 is 0.833 bits per heavy atom. The van der Waals surface area contributed by atoms with Gasteiger partial charge >= 0.3 is 11.8 Å². The van der Waals surface area contributed by atoms with Gasteiger partial charge in [0, 0.05) is 58.5 Å². The van der Waals surface area contributed by atoms with Gasteiger partial charge in [0.1, 0.15) is 44.2 Å². The number of fused-ring (bicyclic) bond motifs is 2. The fraction of sp³-hybridized carbons (Fsp3) is 0.105. The van der Waals surface area contributed by atoms with E-state index in [1.54, 1.807) is 12.1 Å². The molecule has 0 unspecified atom stereocenters. The number of ether oxygens (including phenoxy) is 4. The number of rotatable bonds is 12. The number of benzene rings is 6. The van der Waals surface area contributed by atoms with Gasteiger partial charge in [0.25, 0.3) is 20.2 Å². The van der Waals surface area contributed by atoms with Crippen LogP contribution in [0.25, 0.3) is 21.5 Å². The molecule has 6 rings (SSSR count). The van der Waals surface area contributed by atoms with Gasteiger partial charge in [-0.1, -0.05) is 0 Å². The average molecular weight is 861 g/mol. The highest BCUT2D eigenvalue weighted by atomic mass is 32.2. The van der Waals surface area contributed by atoms with Gasteiger partial charge in [-0.05, 0) is 59.3 Å². The number of nitrogens with one attached hydrogen (secondary N) is 2. The van der Waals surface area contributed by atoms with Crippen LogP contribution in [0.3, 0.4) is 0 Å². The largest absolute Gasteiger partial charge is 0.505 e. The van der Waals surface area contributed by atoms with Crippen molar-refractivity contribution in [1.29, 1.82) is 0 Å². The quantitative estimate of drug-likeness (QED) is 0.0399. The minimum atomic E-state index is -5.01.